The average Bonchev–Trinajstić information content (AvgIpc) is 3.24. The van der Waals surface area contributed by atoms with Crippen LogP contribution in [0.5, 0.6) is 5.75 Å². The van der Waals surface area contributed by atoms with Crippen molar-refractivity contribution in [3.8, 4) is 16.3 Å². The second-order valence-electron chi connectivity index (χ2n) is 6.26. The van der Waals surface area contributed by atoms with Crippen LogP contribution in [0.3, 0.4) is 0 Å². The Morgan fingerprint density at radius 1 is 1.15 bits per heavy atom. The van der Waals surface area contributed by atoms with Gasteiger partial charge in [0.05, 0.1) is 7.11 Å². The number of hydrogen-bond donors (Lipinski definition) is 0. The molecular weight excluding hydrogens is 360 g/mol. The van der Waals surface area contributed by atoms with Gasteiger partial charge in [0, 0.05) is 61.3 Å². The summed E-state index contributed by atoms with van der Waals surface area (Å²) in [7, 11) is 1.67. The molecule has 1 aliphatic heterocycles. The van der Waals surface area contributed by atoms with Gasteiger partial charge >= 0.3 is 0 Å². The van der Waals surface area contributed by atoms with E-state index in [1.165, 1.54) is 11.3 Å². The van der Waals surface area contributed by atoms with Crippen molar-refractivity contribution < 1.29 is 9.53 Å². The highest BCUT2D eigenvalue weighted by Gasteiger charge is 2.24. The van der Waals surface area contributed by atoms with Crippen LogP contribution < -0.4 is 9.64 Å². The first-order valence-corrected chi connectivity index (χ1v) is 9.67. The number of piperazine rings is 1. The molecule has 0 atom stereocenters. The van der Waals surface area contributed by atoms with Gasteiger partial charge in [0.1, 0.15) is 16.5 Å². The summed E-state index contributed by atoms with van der Waals surface area (Å²) >= 11 is 1.47. The molecule has 1 fully saturated rings. The summed E-state index contributed by atoms with van der Waals surface area (Å²) in [5.41, 5.74) is 2.56. The molecule has 138 valence electrons. The Morgan fingerprint density at radius 3 is 2.74 bits per heavy atom. The van der Waals surface area contributed by atoms with Crippen molar-refractivity contribution in [3.63, 3.8) is 0 Å². The molecule has 1 saturated heterocycles. The lowest BCUT2D eigenvalue weighted by Gasteiger charge is -2.35. The highest BCUT2D eigenvalue weighted by atomic mass is 32.1. The van der Waals surface area contributed by atoms with E-state index >= 15 is 0 Å². The smallest absolute Gasteiger partial charge is 0.273 e. The molecule has 0 radical (unpaired) electrons. The predicted octanol–water partition coefficient (Wildman–Crippen LogP) is 3.18. The molecule has 2 aromatic heterocycles. The quantitative estimate of drug-likeness (QED) is 0.696. The van der Waals surface area contributed by atoms with E-state index in [-0.39, 0.29) is 5.91 Å². The number of thiazole rings is 1. The van der Waals surface area contributed by atoms with Crippen molar-refractivity contribution in [2.75, 3.05) is 38.2 Å². The highest BCUT2D eigenvalue weighted by Crippen LogP contribution is 2.25. The fourth-order valence-corrected chi connectivity index (χ4v) is 3.92. The largest absolute Gasteiger partial charge is 0.497 e. The summed E-state index contributed by atoms with van der Waals surface area (Å²) in [6.45, 7) is 2.93. The zero-order valence-corrected chi connectivity index (χ0v) is 15.9. The number of benzene rings is 1. The van der Waals surface area contributed by atoms with Crippen LogP contribution in [0.2, 0.25) is 0 Å². The molecule has 4 rings (SSSR count). The second kappa shape index (κ2) is 7.75. The Hall–Kier alpha value is -2.93. The highest BCUT2D eigenvalue weighted by molar-refractivity contribution is 7.13. The van der Waals surface area contributed by atoms with Gasteiger partial charge in [0.2, 0.25) is 0 Å². The number of ether oxygens (including phenoxy) is 1. The minimum Gasteiger partial charge on any atom is -0.497 e. The normalized spacial score (nSPS) is 14.3. The van der Waals surface area contributed by atoms with Crippen LogP contribution in [0.4, 0.5) is 5.69 Å². The molecule has 3 aromatic rings. The van der Waals surface area contributed by atoms with Gasteiger partial charge < -0.3 is 14.5 Å². The Morgan fingerprint density at radius 2 is 2.00 bits per heavy atom. The molecule has 3 heterocycles. The first-order chi connectivity index (χ1) is 13.2. The molecule has 1 aromatic carbocycles. The monoisotopic (exact) mass is 380 g/mol. The SMILES string of the molecule is COc1cccc(N2CCN(C(=O)c3csc(-c4cccnc4)n3)CC2)c1. The molecule has 6 nitrogen and oxygen atoms in total. The molecule has 1 aliphatic rings. The molecular formula is C20H20N4O2S. The maximum absolute atomic E-state index is 12.8. The van der Waals surface area contributed by atoms with Crippen LogP contribution in [0.25, 0.3) is 10.6 Å². The van der Waals surface area contributed by atoms with Gasteiger partial charge in [-0.25, -0.2) is 4.98 Å². The average molecular weight is 380 g/mol. The third kappa shape index (κ3) is 3.78. The summed E-state index contributed by atoms with van der Waals surface area (Å²) in [4.78, 5) is 25.6. The molecule has 7 heteroatoms. The molecule has 0 N–H and O–H groups in total. The molecule has 0 aliphatic carbocycles. The summed E-state index contributed by atoms with van der Waals surface area (Å²) in [6, 6.07) is 11.8. The number of aromatic nitrogens is 2. The van der Waals surface area contributed by atoms with E-state index in [0.29, 0.717) is 18.8 Å². The van der Waals surface area contributed by atoms with Gasteiger partial charge in [-0.15, -0.1) is 11.3 Å². The molecule has 1 amide bonds. The number of carbonyl (C=O) groups is 1. The fourth-order valence-electron chi connectivity index (χ4n) is 3.13. The second-order valence-corrected chi connectivity index (χ2v) is 7.12. The van der Waals surface area contributed by atoms with Gasteiger partial charge in [0.15, 0.2) is 0 Å². The molecule has 0 spiro atoms. The van der Waals surface area contributed by atoms with E-state index in [1.54, 1.807) is 19.5 Å². The van der Waals surface area contributed by atoms with Crippen LogP contribution in [0.1, 0.15) is 10.5 Å². The number of amides is 1. The lowest BCUT2D eigenvalue weighted by atomic mass is 10.2. The first-order valence-electron chi connectivity index (χ1n) is 8.79. The Labute approximate surface area is 162 Å². The zero-order chi connectivity index (χ0) is 18.6. The van der Waals surface area contributed by atoms with E-state index in [2.05, 4.69) is 20.9 Å². The van der Waals surface area contributed by atoms with E-state index in [0.717, 1.165) is 35.1 Å². The van der Waals surface area contributed by atoms with Crippen molar-refractivity contribution in [1.29, 1.82) is 0 Å². The number of pyridine rings is 1. The number of rotatable bonds is 4. The molecule has 27 heavy (non-hydrogen) atoms. The van der Waals surface area contributed by atoms with Crippen LogP contribution >= 0.6 is 11.3 Å². The van der Waals surface area contributed by atoms with Gasteiger partial charge in [-0.3, -0.25) is 9.78 Å². The van der Waals surface area contributed by atoms with Crippen LogP contribution in [-0.4, -0.2) is 54.1 Å². The zero-order valence-electron chi connectivity index (χ0n) is 15.0. The first kappa shape index (κ1) is 17.5. The standard InChI is InChI=1S/C20H20N4O2S/c1-26-17-6-2-5-16(12-17)23-8-10-24(11-9-23)20(25)18-14-27-19(22-18)15-4-3-7-21-13-15/h2-7,12-14H,8-11H2,1H3. The Kier molecular flexibility index (Phi) is 5.02. The van der Waals surface area contributed by atoms with Gasteiger partial charge in [-0.05, 0) is 24.3 Å². The number of hydrogen-bond acceptors (Lipinski definition) is 6. The van der Waals surface area contributed by atoms with E-state index < -0.39 is 0 Å². The maximum Gasteiger partial charge on any atom is 0.273 e. The van der Waals surface area contributed by atoms with Crippen LogP contribution in [0.15, 0.2) is 54.2 Å². The lowest BCUT2D eigenvalue weighted by molar-refractivity contribution is 0.0742. The van der Waals surface area contributed by atoms with Gasteiger partial charge in [-0.2, -0.15) is 0 Å². The fraction of sp³-hybridized carbons (Fsp3) is 0.250. The predicted molar refractivity (Wildman–Crippen MR) is 106 cm³/mol. The van der Waals surface area contributed by atoms with Crippen molar-refractivity contribution in [3.05, 3.63) is 59.9 Å². The minimum absolute atomic E-state index is 0.00770. The van der Waals surface area contributed by atoms with Gasteiger partial charge in [0.25, 0.3) is 5.91 Å². The van der Waals surface area contributed by atoms with Crippen molar-refractivity contribution in [2.24, 2.45) is 0 Å². The van der Waals surface area contributed by atoms with E-state index in [4.69, 9.17) is 4.74 Å². The summed E-state index contributed by atoms with van der Waals surface area (Å²) < 4.78 is 5.30. The Bertz CT molecular complexity index is 920. The summed E-state index contributed by atoms with van der Waals surface area (Å²) in [5.74, 6) is 0.836. The van der Waals surface area contributed by atoms with Crippen LogP contribution in [0, 0.1) is 0 Å². The number of nitrogens with zero attached hydrogens (tertiary/aromatic N) is 4. The maximum atomic E-state index is 12.8. The van der Waals surface area contributed by atoms with E-state index in [9.17, 15) is 4.79 Å². The molecule has 0 unspecified atom stereocenters. The van der Waals surface area contributed by atoms with Gasteiger partial charge in [-0.1, -0.05) is 6.07 Å². The van der Waals surface area contributed by atoms with E-state index in [1.807, 2.05) is 40.6 Å². The van der Waals surface area contributed by atoms with Crippen molar-refractivity contribution >= 4 is 22.9 Å². The third-order valence-corrected chi connectivity index (χ3v) is 5.51. The molecule has 0 bridgehead atoms. The van der Waals surface area contributed by atoms with Crippen LogP contribution in [-0.2, 0) is 0 Å². The number of methoxy groups -OCH3 is 1. The third-order valence-electron chi connectivity index (χ3n) is 4.62. The minimum atomic E-state index is -0.00770. The summed E-state index contributed by atoms with van der Waals surface area (Å²) in [6.07, 6.45) is 3.49. The number of anilines is 1. The topological polar surface area (TPSA) is 58.6 Å². The Balaban J connectivity index is 1.41. The van der Waals surface area contributed by atoms with Crippen molar-refractivity contribution in [1.82, 2.24) is 14.9 Å². The lowest BCUT2D eigenvalue weighted by Crippen LogP contribution is -2.48. The summed E-state index contributed by atoms with van der Waals surface area (Å²) in [5, 5.41) is 2.65. The number of carbonyl (C=O) groups excluding carboxylic acids is 1. The van der Waals surface area contributed by atoms with Crippen molar-refractivity contribution in [2.45, 2.75) is 0 Å². The molecule has 0 saturated carbocycles.